The second-order valence-electron chi connectivity index (χ2n) is 5.98. The van der Waals surface area contributed by atoms with Crippen LogP contribution >= 0.6 is 0 Å². The van der Waals surface area contributed by atoms with Gasteiger partial charge in [0.15, 0.2) is 9.84 Å². The highest BCUT2D eigenvalue weighted by Crippen LogP contribution is 2.25. The molecule has 0 saturated carbocycles. The van der Waals surface area contributed by atoms with E-state index in [2.05, 4.69) is 61.2 Å². The molecule has 3 nitrogen and oxygen atoms in total. The first kappa shape index (κ1) is 15.1. The van der Waals surface area contributed by atoms with Crippen LogP contribution in [0.2, 0.25) is 0 Å². The number of hydrogen-bond acceptors (Lipinski definition) is 3. The van der Waals surface area contributed by atoms with Crippen LogP contribution in [0.1, 0.15) is 11.1 Å². The fourth-order valence-corrected chi connectivity index (χ4v) is 3.96. The predicted octanol–water partition coefficient (Wildman–Crippen LogP) is 3.21. The largest absolute Gasteiger partial charge is 0.369 e. The Bertz CT molecular complexity index is 765. The Kier molecular flexibility index (Phi) is 3.96. The fourth-order valence-electron chi connectivity index (χ4n) is 2.76. The van der Waals surface area contributed by atoms with Gasteiger partial charge in [0.2, 0.25) is 0 Å². The maximum atomic E-state index is 11.5. The molecule has 1 fully saturated rings. The molecule has 0 amide bonds. The van der Waals surface area contributed by atoms with E-state index in [4.69, 9.17) is 0 Å². The van der Waals surface area contributed by atoms with Gasteiger partial charge in [-0.25, -0.2) is 8.42 Å². The second kappa shape index (κ2) is 5.76. The van der Waals surface area contributed by atoms with E-state index < -0.39 is 9.84 Å². The summed E-state index contributed by atoms with van der Waals surface area (Å²) < 4.78 is 23.0. The lowest BCUT2D eigenvalue weighted by molar-refractivity contribution is 0.587. The highest BCUT2D eigenvalue weighted by Gasteiger charge is 2.21. The molecule has 0 atom stereocenters. The number of aryl methyl sites for hydroxylation is 2. The van der Waals surface area contributed by atoms with Crippen molar-refractivity contribution in [1.82, 2.24) is 0 Å². The summed E-state index contributed by atoms with van der Waals surface area (Å²) in [6, 6.07) is 14.9. The zero-order valence-electron chi connectivity index (χ0n) is 13.0. The van der Waals surface area contributed by atoms with Gasteiger partial charge in [-0.05, 0) is 48.2 Å². The van der Waals surface area contributed by atoms with Gasteiger partial charge in [-0.15, -0.1) is 0 Å². The molecule has 3 rings (SSSR count). The van der Waals surface area contributed by atoms with Gasteiger partial charge in [-0.2, -0.15) is 0 Å². The number of nitrogens with zero attached hydrogens (tertiary/aromatic N) is 1. The first-order valence-electron chi connectivity index (χ1n) is 7.58. The zero-order valence-corrected chi connectivity index (χ0v) is 13.9. The minimum Gasteiger partial charge on any atom is -0.369 e. The summed E-state index contributed by atoms with van der Waals surface area (Å²) in [5.74, 6) is 0.512. The van der Waals surface area contributed by atoms with E-state index in [9.17, 15) is 8.42 Å². The molecule has 1 aliphatic heterocycles. The Morgan fingerprint density at radius 1 is 0.818 bits per heavy atom. The molecule has 2 aromatic carbocycles. The summed E-state index contributed by atoms with van der Waals surface area (Å²) in [4.78, 5) is 2.14. The number of rotatable bonds is 2. The van der Waals surface area contributed by atoms with Crippen molar-refractivity contribution in [2.24, 2.45) is 0 Å². The summed E-state index contributed by atoms with van der Waals surface area (Å²) >= 11 is 0. The quantitative estimate of drug-likeness (QED) is 0.854. The molecular formula is C18H21NO2S. The zero-order chi connectivity index (χ0) is 15.7. The average molecular weight is 315 g/mol. The van der Waals surface area contributed by atoms with Crippen LogP contribution in [0.15, 0.2) is 42.5 Å². The van der Waals surface area contributed by atoms with E-state index in [0.29, 0.717) is 13.1 Å². The normalized spacial score (nSPS) is 17.5. The lowest BCUT2D eigenvalue weighted by Gasteiger charge is -2.28. The van der Waals surface area contributed by atoms with Crippen molar-refractivity contribution in [2.75, 3.05) is 29.5 Å². The van der Waals surface area contributed by atoms with E-state index in [0.717, 1.165) is 5.69 Å². The Labute approximate surface area is 132 Å². The highest BCUT2D eigenvalue weighted by molar-refractivity contribution is 7.91. The molecular weight excluding hydrogens is 294 g/mol. The van der Waals surface area contributed by atoms with Crippen molar-refractivity contribution in [1.29, 1.82) is 0 Å². The van der Waals surface area contributed by atoms with Gasteiger partial charge >= 0.3 is 0 Å². The van der Waals surface area contributed by atoms with Gasteiger partial charge in [0.1, 0.15) is 0 Å². The molecule has 0 bridgehead atoms. The molecule has 4 heteroatoms. The topological polar surface area (TPSA) is 37.4 Å². The van der Waals surface area contributed by atoms with Crippen LogP contribution in [-0.2, 0) is 9.84 Å². The molecule has 0 N–H and O–H groups in total. The minimum atomic E-state index is -2.83. The van der Waals surface area contributed by atoms with E-state index in [1.54, 1.807) is 0 Å². The van der Waals surface area contributed by atoms with Gasteiger partial charge in [-0.1, -0.05) is 30.3 Å². The molecule has 0 spiro atoms. The van der Waals surface area contributed by atoms with E-state index >= 15 is 0 Å². The van der Waals surface area contributed by atoms with E-state index in [1.165, 1.54) is 22.3 Å². The molecule has 1 saturated heterocycles. The molecule has 0 aromatic heterocycles. The Morgan fingerprint density at radius 2 is 1.41 bits per heavy atom. The first-order valence-corrected chi connectivity index (χ1v) is 9.40. The van der Waals surface area contributed by atoms with Gasteiger partial charge in [0.25, 0.3) is 0 Å². The van der Waals surface area contributed by atoms with E-state index in [-0.39, 0.29) is 11.5 Å². The number of hydrogen-bond donors (Lipinski definition) is 0. The standard InChI is InChI=1S/C18H21NO2S/c1-14-3-4-17(13-15(14)2)16-5-7-18(8-6-16)19-9-11-22(20,21)12-10-19/h3-8,13H,9-12H2,1-2H3. The fraction of sp³-hybridized carbons (Fsp3) is 0.333. The van der Waals surface area contributed by atoms with Gasteiger partial charge in [0, 0.05) is 18.8 Å². The molecule has 0 unspecified atom stereocenters. The van der Waals surface area contributed by atoms with Gasteiger partial charge in [-0.3, -0.25) is 0 Å². The first-order chi connectivity index (χ1) is 10.4. The lowest BCUT2D eigenvalue weighted by atomic mass is 10.0. The van der Waals surface area contributed by atoms with Crippen LogP contribution in [0, 0.1) is 13.8 Å². The van der Waals surface area contributed by atoms with Crippen LogP contribution in [0.5, 0.6) is 0 Å². The molecule has 2 aromatic rings. The van der Waals surface area contributed by atoms with Crippen molar-refractivity contribution in [3.05, 3.63) is 53.6 Å². The monoisotopic (exact) mass is 315 g/mol. The predicted molar refractivity (Wildman–Crippen MR) is 92.2 cm³/mol. The molecule has 0 radical (unpaired) electrons. The highest BCUT2D eigenvalue weighted by atomic mass is 32.2. The summed E-state index contributed by atoms with van der Waals surface area (Å²) in [5.41, 5.74) is 6.10. The summed E-state index contributed by atoms with van der Waals surface area (Å²) in [5, 5.41) is 0. The summed E-state index contributed by atoms with van der Waals surface area (Å²) in [6.07, 6.45) is 0. The van der Waals surface area contributed by atoms with Crippen LogP contribution in [0.25, 0.3) is 11.1 Å². The molecule has 1 aliphatic rings. The number of benzene rings is 2. The van der Waals surface area contributed by atoms with Crippen LogP contribution in [-0.4, -0.2) is 33.0 Å². The maximum absolute atomic E-state index is 11.5. The lowest BCUT2D eigenvalue weighted by Crippen LogP contribution is -2.40. The smallest absolute Gasteiger partial charge is 0.153 e. The maximum Gasteiger partial charge on any atom is 0.153 e. The Balaban J connectivity index is 1.79. The summed E-state index contributed by atoms with van der Waals surface area (Å²) in [7, 11) is -2.83. The minimum absolute atomic E-state index is 0.256. The second-order valence-corrected chi connectivity index (χ2v) is 8.29. The summed E-state index contributed by atoms with van der Waals surface area (Å²) in [6.45, 7) is 5.42. The van der Waals surface area contributed by atoms with Crippen molar-refractivity contribution < 1.29 is 8.42 Å². The average Bonchev–Trinajstić information content (AvgIpc) is 2.50. The van der Waals surface area contributed by atoms with Gasteiger partial charge < -0.3 is 4.90 Å². The van der Waals surface area contributed by atoms with Crippen LogP contribution in [0.3, 0.4) is 0 Å². The third-order valence-electron chi connectivity index (χ3n) is 4.42. The molecule has 1 heterocycles. The Morgan fingerprint density at radius 3 is 2.00 bits per heavy atom. The van der Waals surface area contributed by atoms with Crippen LogP contribution in [0.4, 0.5) is 5.69 Å². The van der Waals surface area contributed by atoms with Crippen molar-refractivity contribution in [3.8, 4) is 11.1 Å². The Hall–Kier alpha value is -1.81. The third kappa shape index (κ3) is 3.17. The van der Waals surface area contributed by atoms with Crippen molar-refractivity contribution in [2.45, 2.75) is 13.8 Å². The van der Waals surface area contributed by atoms with Crippen molar-refractivity contribution >= 4 is 15.5 Å². The molecule has 116 valence electrons. The molecule has 0 aliphatic carbocycles. The number of anilines is 1. The van der Waals surface area contributed by atoms with Crippen LogP contribution < -0.4 is 4.90 Å². The molecule has 22 heavy (non-hydrogen) atoms. The van der Waals surface area contributed by atoms with E-state index in [1.807, 2.05) is 0 Å². The van der Waals surface area contributed by atoms with Gasteiger partial charge in [0.05, 0.1) is 11.5 Å². The third-order valence-corrected chi connectivity index (χ3v) is 6.03. The SMILES string of the molecule is Cc1ccc(-c2ccc(N3CCS(=O)(=O)CC3)cc2)cc1C. The van der Waals surface area contributed by atoms with Crippen molar-refractivity contribution in [3.63, 3.8) is 0 Å². The number of sulfone groups is 1.